The first-order chi connectivity index (χ1) is 26.3. The van der Waals surface area contributed by atoms with Crippen molar-refractivity contribution < 1.29 is 0 Å². The number of anilines is 2. The van der Waals surface area contributed by atoms with Crippen molar-refractivity contribution >= 4 is 22.5 Å². The minimum atomic E-state index is -0.215. The quantitative estimate of drug-likeness (QED) is 0.179. The molecule has 4 aliphatic rings. The number of rotatable bonds is 5. The number of aromatic nitrogens is 4. The molecular formula is C49H41N5. The third-order valence-electron chi connectivity index (χ3n) is 12.0. The summed E-state index contributed by atoms with van der Waals surface area (Å²) >= 11 is 0. The highest BCUT2D eigenvalue weighted by molar-refractivity contribution is 5.94. The highest BCUT2D eigenvalue weighted by Gasteiger charge is 2.52. The van der Waals surface area contributed by atoms with Crippen molar-refractivity contribution in [2.24, 2.45) is 5.92 Å². The first-order valence-corrected chi connectivity index (χ1v) is 19.0. The summed E-state index contributed by atoms with van der Waals surface area (Å²) in [6.07, 6.45) is 14.9. The summed E-state index contributed by atoms with van der Waals surface area (Å²) in [4.78, 5) is 22.5. The molecule has 0 fully saturated rings. The minimum absolute atomic E-state index is 0.0810. The Labute approximate surface area is 317 Å². The molecule has 0 radical (unpaired) electrons. The Kier molecular flexibility index (Phi) is 7.32. The van der Waals surface area contributed by atoms with E-state index in [0.29, 0.717) is 29.1 Å². The number of nitrogens with zero attached hydrogens (tertiary/aromatic N) is 5. The number of para-hydroxylation sites is 1. The molecule has 3 atom stereocenters. The highest BCUT2D eigenvalue weighted by Crippen LogP contribution is 2.59. The van der Waals surface area contributed by atoms with Crippen LogP contribution in [-0.2, 0) is 10.8 Å². The molecule has 1 aliphatic heterocycles. The molecular weight excluding hydrogens is 659 g/mol. The molecule has 54 heavy (non-hydrogen) atoms. The van der Waals surface area contributed by atoms with Gasteiger partial charge in [0.25, 0.3) is 0 Å². The molecule has 262 valence electrons. The van der Waals surface area contributed by atoms with Gasteiger partial charge in [-0.1, -0.05) is 148 Å². The van der Waals surface area contributed by atoms with Gasteiger partial charge in [0.2, 0.25) is 0 Å². The molecule has 0 saturated heterocycles. The summed E-state index contributed by atoms with van der Waals surface area (Å²) in [5.41, 5.74) is 13.8. The molecule has 10 rings (SSSR count). The van der Waals surface area contributed by atoms with Crippen LogP contribution in [0.2, 0.25) is 0 Å². The van der Waals surface area contributed by atoms with Crippen LogP contribution in [0.15, 0.2) is 157 Å². The average Bonchev–Trinajstić information content (AvgIpc) is 3.60. The van der Waals surface area contributed by atoms with Gasteiger partial charge in [-0.05, 0) is 76.4 Å². The van der Waals surface area contributed by atoms with Crippen molar-refractivity contribution in [3.8, 4) is 34.3 Å². The van der Waals surface area contributed by atoms with E-state index < -0.39 is 0 Å². The molecule has 0 amide bonds. The van der Waals surface area contributed by atoms with Gasteiger partial charge < -0.3 is 4.90 Å². The Morgan fingerprint density at radius 2 is 1.33 bits per heavy atom. The van der Waals surface area contributed by atoms with Crippen LogP contribution in [0.5, 0.6) is 0 Å². The Bertz CT molecular complexity index is 2580. The van der Waals surface area contributed by atoms with E-state index in [1.54, 1.807) is 0 Å². The van der Waals surface area contributed by atoms with Crippen molar-refractivity contribution in [2.75, 3.05) is 4.90 Å². The second kappa shape index (κ2) is 12.2. The van der Waals surface area contributed by atoms with Crippen LogP contribution in [0.3, 0.4) is 0 Å². The molecule has 0 bridgehead atoms. The summed E-state index contributed by atoms with van der Waals surface area (Å²) in [6.45, 7) is 9.35. The van der Waals surface area contributed by atoms with Gasteiger partial charge in [-0.3, -0.25) is 4.98 Å². The van der Waals surface area contributed by atoms with Crippen molar-refractivity contribution in [3.63, 3.8) is 0 Å². The van der Waals surface area contributed by atoms with E-state index in [9.17, 15) is 0 Å². The van der Waals surface area contributed by atoms with Gasteiger partial charge in [0.15, 0.2) is 17.5 Å². The van der Waals surface area contributed by atoms with E-state index >= 15 is 0 Å². The minimum Gasteiger partial charge on any atom is -0.332 e. The molecule has 3 unspecified atom stereocenters. The zero-order valence-corrected chi connectivity index (χ0v) is 31.0. The first-order valence-electron chi connectivity index (χ1n) is 19.0. The third-order valence-corrected chi connectivity index (χ3v) is 12.0. The molecule has 5 nitrogen and oxygen atoms in total. The molecule has 6 aromatic rings. The zero-order chi connectivity index (χ0) is 36.6. The van der Waals surface area contributed by atoms with Gasteiger partial charge in [-0.15, -0.1) is 0 Å². The number of hydrogen-bond acceptors (Lipinski definition) is 5. The van der Waals surface area contributed by atoms with E-state index in [2.05, 4.69) is 148 Å². The second-order valence-electron chi connectivity index (χ2n) is 15.8. The van der Waals surface area contributed by atoms with Crippen molar-refractivity contribution in [1.29, 1.82) is 0 Å². The van der Waals surface area contributed by atoms with Crippen molar-refractivity contribution in [1.82, 2.24) is 19.9 Å². The predicted molar refractivity (Wildman–Crippen MR) is 220 cm³/mol. The van der Waals surface area contributed by atoms with Gasteiger partial charge in [-0.25, -0.2) is 15.0 Å². The molecule has 0 saturated carbocycles. The number of benzene rings is 4. The summed E-state index contributed by atoms with van der Waals surface area (Å²) in [7, 11) is 0. The number of pyridine rings is 1. The van der Waals surface area contributed by atoms with E-state index in [4.69, 9.17) is 19.9 Å². The molecule has 3 aliphatic carbocycles. The Hall–Kier alpha value is -6.20. The van der Waals surface area contributed by atoms with Crippen LogP contribution < -0.4 is 4.90 Å². The van der Waals surface area contributed by atoms with Crippen LogP contribution in [0.25, 0.3) is 45.4 Å². The Morgan fingerprint density at radius 3 is 2.06 bits per heavy atom. The molecule has 2 aromatic heterocycles. The summed E-state index contributed by atoms with van der Waals surface area (Å²) < 4.78 is 0. The van der Waals surface area contributed by atoms with Gasteiger partial charge in [-0.2, -0.15) is 0 Å². The molecule has 0 spiro atoms. The highest BCUT2D eigenvalue weighted by atomic mass is 15.2. The lowest BCUT2D eigenvalue weighted by Crippen LogP contribution is -2.41. The lowest BCUT2D eigenvalue weighted by Gasteiger charge is -2.38. The number of fused-ring (bicyclic) bond motifs is 6. The van der Waals surface area contributed by atoms with E-state index in [1.807, 2.05) is 36.5 Å². The van der Waals surface area contributed by atoms with Crippen LogP contribution in [0.4, 0.5) is 11.4 Å². The fourth-order valence-corrected chi connectivity index (χ4v) is 8.98. The Morgan fingerprint density at radius 1 is 0.667 bits per heavy atom. The topological polar surface area (TPSA) is 54.8 Å². The second-order valence-corrected chi connectivity index (χ2v) is 15.8. The number of hydrogen-bond donors (Lipinski definition) is 0. The standard InChI is InChI=1S/C49H41N5/c1-31-18-20-32(21-19-31)33-22-24-35(25-23-33)46-51-45(34-12-6-5-7-13-34)52-47(53-46)42-27-26-36(30-50-42)54-43-17-11-10-16-40(43)49(4)29-38-37-14-8-9-15-39(37)48(2,3)41(38)28-44(49)54/h5-18,20-31,44H,19H2,1-4H3. The van der Waals surface area contributed by atoms with Crippen molar-refractivity contribution in [2.45, 2.75) is 51.0 Å². The zero-order valence-electron chi connectivity index (χ0n) is 31.0. The van der Waals surface area contributed by atoms with E-state index in [0.717, 1.165) is 23.2 Å². The summed E-state index contributed by atoms with van der Waals surface area (Å²) in [6, 6.07) is 40.7. The predicted octanol–water partition coefficient (Wildman–Crippen LogP) is 11.3. The van der Waals surface area contributed by atoms with E-state index in [1.165, 1.54) is 44.7 Å². The fraction of sp³-hybridized carbons (Fsp3) is 0.184. The lowest BCUT2D eigenvalue weighted by molar-refractivity contribution is 0.538. The maximum absolute atomic E-state index is 5.06. The van der Waals surface area contributed by atoms with Gasteiger partial charge in [0.1, 0.15) is 5.69 Å². The molecule has 5 heteroatoms. The largest absolute Gasteiger partial charge is 0.332 e. The monoisotopic (exact) mass is 699 g/mol. The molecule has 4 aromatic carbocycles. The van der Waals surface area contributed by atoms with E-state index in [-0.39, 0.29) is 16.9 Å². The van der Waals surface area contributed by atoms with Crippen molar-refractivity contribution in [3.05, 3.63) is 180 Å². The average molecular weight is 700 g/mol. The molecule has 3 heterocycles. The first kappa shape index (κ1) is 32.5. The smallest absolute Gasteiger partial charge is 0.182 e. The van der Waals surface area contributed by atoms with Crippen LogP contribution in [0, 0.1) is 5.92 Å². The maximum Gasteiger partial charge on any atom is 0.182 e. The van der Waals surface area contributed by atoms with Crippen LogP contribution in [-0.4, -0.2) is 26.0 Å². The Balaban J connectivity index is 1.03. The third kappa shape index (κ3) is 5.06. The lowest BCUT2D eigenvalue weighted by atomic mass is 9.70. The normalized spacial score (nSPS) is 21.7. The number of allylic oxidation sites excluding steroid dienone is 6. The van der Waals surface area contributed by atoms with Gasteiger partial charge >= 0.3 is 0 Å². The fourth-order valence-electron chi connectivity index (χ4n) is 8.98. The van der Waals surface area contributed by atoms with Crippen LogP contribution >= 0.6 is 0 Å². The molecule has 0 N–H and O–H groups in total. The van der Waals surface area contributed by atoms with Crippen LogP contribution in [0.1, 0.15) is 56.4 Å². The summed E-state index contributed by atoms with van der Waals surface area (Å²) in [5.74, 6) is 2.37. The maximum atomic E-state index is 5.06. The van der Waals surface area contributed by atoms with Gasteiger partial charge in [0, 0.05) is 27.6 Å². The van der Waals surface area contributed by atoms with Gasteiger partial charge in [0.05, 0.1) is 17.9 Å². The SMILES string of the molecule is CC1C=CC(c2ccc(-c3nc(-c4ccccc4)nc(-c4ccc(N5c6ccccc6C6(C)C=C7C(=CC56)C(C)(C)c5ccccc57)cn4)n3)cc2)=CC1. The summed E-state index contributed by atoms with van der Waals surface area (Å²) in [5, 5.41) is 0.